The first-order valence-electron chi connectivity index (χ1n) is 7.86. The van der Waals surface area contributed by atoms with Crippen molar-refractivity contribution < 1.29 is 9.53 Å². The Morgan fingerprint density at radius 3 is 2.87 bits per heavy atom. The van der Waals surface area contributed by atoms with E-state index in [1.54, 1.807) is 24.2 Å². The van der Waals surface area contributed by atoms with Gasteiger partial charge in [0.05, 0.1) is 25.4 Å². The van der Waals surface area contributed by atoms with Crippen LogP contribution in [0.3, 0.4) is 0 Å². The standard InChI is InChI=1S/C17H22N4O2/c1-23-16-6-4-13(5-7-16)10-21-11-14(9-19-21)17(22)20-8-2-3-15(18)12-20/h4-7,9,11,15H,2-3,8,10,12,18H2,1H3. The van der Waals surface area contributed by atoms with Crippen LogP contribution in [0.2, 0.25) is 0 Å². The number of amides is 1. The summed E-state index contributed by atoms with van der Waals surface area (Å²) in [5.74, 6) is 0.840. The lowest BCUT2D eigenvalue weighted by Gasteiger charge is -2.30. The van der Waals surface area contributed by atoms with E-state index in [1.165, 1.54) is 0 Å². The van der Waals surface area contributed by atoms with Crippen LogP contribution in [-0.2, 0) is 6.54 Å². The third kappa shape index (κ3) is 3.71. The maximum Gasteiger partial charge on any atom is 0.257 e. The Hall–Kier alpha value is -2.34. The van der Waals surface area contributed by atoms with Gasteiger partial charge in [-0.1, -0.05) is 12.1 Å². The van der Waals surface area contributed by atoms with Gasteiger partial charge in [0, 0.05) is 25.3 Å². The monoisotopic (exact) mass is 314 g/mol. The van der Waals surface area contributed by atoms with Gasteiger partial charge in [-0.2, -0.15) is 5.10 Å². The smallest absolute Gasteiger partial charge is 0.257 e. The molecule has 1 fully saturated rings. The van der Waals surface area contributed by atoms with Crippen molar-refractivity contribution in [3.8, 4) is 5.75 Å². The van der Waals surface area contributed by atoms with Gasteiger partial charge in [0.2, 0.25) is 0 Å². The Balaban J connectivity index is 1.66. The van der Waals surface area contributed by atoms with Gasteiger partial charge in [-0.05, 0) is 30.5 Å². The lowest BCUT2D eigenvalue weighted by molar-refractivity contribution is 0.0708. The topological polar surface area (TPSA) is 73.4 Å². The van der Waals surface area contributed by atoms with Gasteiger partial charge in [0.15, 0.2) is 0 Å². The molecule has 1 atom stereocenters. The van der Waals surface area contributed by atoms with E-state index in [0.717, 1.165) is 30.7 Å². The maximum atomic E-state index is 12.5. The molecular weight excluding hydrogens is 292 g/mol. The van der Waals surface area contributed by atoms with E-state index in [0.29, 0.717) is 18.7 Å². The summed E-state index contributed by atoms with van der Waals surface area (Å²) < 4.78 is 6.92. The number of piperidine rings is 1. The molecule has 1 aromatic heterocycles. The third-order valence-corrected chi connectivity index (χ3v) is 4.13. The molecule has 3 rings (SSSR count). The Morgan fingerprint density at radius 2 is 2.17 bits per heavy atom. The Labute approximate surface area is 135 Å². The normalized spacial score (nSPS) is 18.0. The number of ether oxygens (including phenoxy) is 1. The van der Waals surface area contributed by atoms with Crippen LogP contribution in [-0.4, -0.2) is 46.8 Å². The van der Waals surface area contributed by atoms with E-state index in [-0.39, 0.29) is 11.9 Å². The molecule has 6 nitrogen and oxygen atoms in total. The van der Waals surface area contributed by atoms with E-state index < -0.39 is 0 Å². The molecule has 1 aliphatic rings. The molecule has 6 heteroatoms. The first-order valence-corrected chi connectivity index (χ1v) is 7.86. The fourth-order valence-corrected chi connectivity index (χ4v) is 2.86. The zero-order valence-electron chi connectivity index (χ0n) is 13.3. The number of benzene rings is 1. The van der Waals surface area contributed by atoms with Crippen molar-refractivity contribution >= 4 is 5.91 Å². The van der Waals surface area contributed by atoms with E-state index in [1.807, 2.05) is 29.2 Å². The minimum Gasteiger partial charge on any atom is -0.497 e. The molecule has 1 saturated heterocycles. The summed E-state index contributed by atoms with van der Waals surface area (Å²) in [5.41, 5.74) is 7.67. The average Bonchev–Trinajstić information content (AvgIpc) is 3.03. The number of carbonyl (C=O) groups excluding carboxylic acids is 1. The molecule has 2 heterocycles. The number of likely N-dealkylation sites (tertiary alicyclic amines) is 1. The molecule has 1 unspecified atom stereocenters. The SMILES string of the molecule is COc1ccc(Cn2cc(C(=O)N3CCCC(N)C3)cn2)cc1. The molecule has 2 N–H and O–H groups in total. The Morgan fingerprint density at radius 1 is 1.39 bits per heavy atom. The van der Waals surface area contributed by atoms with Crippen LogP contribution in [0.15, 0.2) is 36.7 Å². The number of carbonyl (C=O) groups is 1. The van der Waals surface area contributed by atoms with Crippen molar-refractivity contribution in [2.45, 2.75) is 25.4 Å². The second-order valence-electron chi connectivity index (χ2n) is 5.93. The van der Waals surface area contributed by atoms with Gasteiger partial charge in [-0.15, -0.1) is 0 Å². The third-order valence-electron chi connectivity index (χ3n) is 4.13. The summed E-state index contributed by atoms with van der Waals surface area (Å²) in [6.07, 6.45) is 5.38. The predicted molar refractivity (Wildman–Crippen MR) is 87.4 cm³/mol. The minimum absolute atomic E-state index is 0.0149. The van der Waals surface area contributed by atoms with Gasteiger partial charge in [-0.3, -0.25) is 9.48 Å². The molecule has 1 aromatic carbocycles. The highest BCUT2D eigenvalue weighted by atomic mass is 16.5. The van der Waals surface area contributed by atoms with Crippen LogP contribution < -0.4 is 10.5 Å². The highest BCUT2D eigenvalue weighted by molar-refractivity contribution is 5.93. The zero-order chi connectivity index (χ0) is 16.2. The predicted octanol–water partition coefficient (Wildman–Crippen LogP) is 1.50. The quantitative estimate of drug-likeness (QED) is 0.928. The summed E-state index contributed by atoms with van der Waals surface area (Å²) in [7, 11) is 1.65. The van der Waals surface area contributed by atoms with E-state index in [9.17, 15) is 4.79 Å². The van der Waals surface area contributed by atoms with Crippen molar-refractivity contribution in [2.75, 3.05) is 20.2 Å². The zero-order valence-corrected chi connectivity index (χ0v) is 13.3. The molecule has 0 saturated carbocycles. The molecule has 0 spiro atoms. The van der Waals surface area contributed by atoms with Crippen LogP contribution in [0.1, 0.15) is 28.8 Å². The van der Waals surface area contributed by atoms with Crippen LogP contribution in [0.5, 0.6) is 5.75 Å². The second kappa shape index (κ2) is 6.83. The molecule has 1 amide bonds. The molecule has 1 aliphatic heterocycles. The van der Waals surface area contributed by atoms with Crippen molar-refractivity contribution in [1.82, 2.24) is 14.7 Å². The fourth-order valence-electron chi connectivity index (χ4n) is 2.86. The second-order valence-corrected chi connectivity index (χ2v) is 5.93. The van der Waals surface area contributed by atoms with Crippen LogP contribution in [0, 0.1) is 0 Å². The largest absolute Gasteiger partial charge is 0.497 e. The first-order chi connectivity index (χ1) is 11.2. The molecule has 2 aromatic rings. The number of methoxy groups -OCH3 is 1. The minimum atomic E-state index is 0.0149. The summed E-state index contributed by atoms with van der Waals surface area (Å²) >= 11 is 0. The van der Waals surface area contributed by atoms with Gasteiger partial charge < -0.3 is 15.4 Å². The van der Waals surface area contributed by atoms with Crippen molar-refractivity contribution in [1.29, 1.82) is 0 Å². The van der Waals surface area contributed by atoms with Crippen LogP contribution >= 0.6 is 0 Å². The van der Waals surface area contributed by atoms with E-state index >= 15 is 0 Å². The highest BCUT2D eigenvalue weighted by Gasteiger charge is 2.23. The number of hydrogen-bond donors (Lipinski definition) is 1. The maximum absolute atomic E-state index is 12.5. The number of aromatic nitrogens is 2. The summed E-state index contributed by atoms with van der Waals surface area (Å²) in [5, 5.41) is 4.30. The Kier molecular flexibility index (Phi) is 4.62. The summed E-state index contributed by atoms with van der Waals surface area (Å²) in [6, 6.07) is 7.90. The first kappa shape index (κ1) is 15.6. The van der Waals surface area contributed by atoms with Crippen LogP contribution in [0.25, 0.3) is 0 Å². The van der Waals surface area contributed by atoms with Crippen molar-refractivity contribution in [3.63, 3.8) is 0 Å². The molecule has 0 radical (unpaired) electrons. The van der Waals surface area contributed by atoms with E-state index in [2.05, 4.69) is 5.10 Å². The van der Waals surface area contributed by atoms with Crippen LogP contribution in [0.4, 0.5) is 0 Å². The van der Waals surface area contributed by atoms with Crippen molar-refractivity contribution in [2.24, 2.45) is 5.73 Å². The van der Waals surface area contributed by atoms with Gasteiger partial charge in [-0.25, -0.2) is 0 Å². The number of nitrogens with zero attached hydrogens (tertiary/aromatic N) is 3. The Bertz CT molecular complexity index is 665. The molecule has 122 valence electrons. The lowest BCUT2D eigenvalue weighted by Crippen LogP contribution is -2.45. The average molecular weight is 314 g/mol. The van der Waals surface area contributed by atoms with Crippen molar-refractivity contribution in [3.05, 3.63) is 47.8 Å². The molecule has 0 aliphatic carbocycles. The fraction of sp³-hybridized carbons (Fsp3) is 0.412. The molecule has 23 heavy (non-hydrogen) atoms. The van der Waals surface area contributed by atoms with Gasteiger partial charge in [0.25, 0.3) is 5.91 Å². The summed E-state index contributed by atoms with van der Waals surface area (Å²) in [6.45, 7) is 2.02. The highest BCUT2D eigenvalue weighted by Crippen LogP contribution is 2.14. The number of nitrogens with two attached hydrogens (primary N) is 1. The number of hydrogen-bond acceptors (Lipinski definition) is 4. The van der Waals surface area contributed by atoms with E-state index in [4.69, 9.17) is 10.5 Å². The molecule has 0 bridgehead atoms. The lowest BCUT2D eigenvalue weighted by atomic mass is 10.1. The van der Waals surface area contributed by atoms with Gasteiger partial charge >= 0.3 is 0 Å². The van der Waals surface area contributed by atoms with Gasteiger partial charge in [0.1, 0.15) is 5.75 Å². The number of rotatable bonds is 4. The summed E-state index contributed by atoms with van der Waals surface area (Å²) in [4.78, 5) is 14.3. The molecular formula is C17H22N4O2.